The molecule has 0 spiro atoms. The summed E-state index contributed by atoms with van der Waals surface area (Å²) in [4.78, 5) is 25.1. The lowest BCUT2D eigenvalue weighted by molar-refractivity contribution is -0.870. The Hall–Kier alpha value is -1.54. The Labute approximate surface area is 409 Å². The van der Waals surface area contributed by atoms with Gasteiger partial charge in [-0.05, 0) is 57.8 Å². The summed E-state index contributed by atoms with van der Waals surface area (Å²) in [6.07, 6.45) is 64.1. The summed E-state index contributed by atoms with van der Waals surface area (Å²) in [6.45, 7) is 4.53. The molecule has 0 aliphatic heterocycles. The molecule has 0 heterocycles. The van der Waals surface area contributed by atoms with Crippen molar-refractivity contribution in [3.8, 4) is 0 Å². The second-order valence-corrected chi connectivity index (χ2v) is 21.7. The lowest BCUT2D eigenvalue weighted by Crippen LogP contribution is -2.45. The summed E-state index contributed by atoms with van der Waals surface area (Å²) < 4.78 is 23.0. The number of carbonyl (C=O) groups excluding carboxylic acids is 1. The Bertz CT molecular complexity index is 1210. The van der Waals surface area contributed by atoms with Gasteiger partial charge in [-0.25, -0.2) is 0 Å². The fraction of sp³-hybridized carbons (Fsp3) is 0.842. The van der Waals surface area contributed by atoms with Crippen LogP contribution >= 0.6 is 7.82 Å². The normalized spacial score (nSPS) is 14.3. The van der Waals surface area contributed by atoms with Crippen LogP contribution in [0.3, 0.4) is 0 Å². The van der Waals surface area contributed by atoms with Gasteiger partial charge in [-0.1, -0.05) is 242 Å². The predicted octanol–water partition coefficient (Wildman–Crippen LogP) is 16.1. The van der Waals surface area contributed by atoms with Crippen LogP contribution in [0.5, 0.6) is 0 Å². The minimum absolute atomic E-state index is 0.00108. The number of aliphatic hydroxyl groups is 1. The first kappa shape index (κ1) is 64.5. The fourth-order valence-electron chi connectivity index (χ4n) is 8.10. The van der Waals surface area contributed by atoms with Gasteiger partial charge in [0.05, 0.1) is 39.9 Å². The molecule has 8 nitrogen and oxygen atoms in total. The summed E-state index contributed by atoms with van der Waals surface area (Å²) in [5.74, 6) is -0.202. The van der Waals surface area contributed by atoms with Gasteiger partial charge >= 0.3 is 0 Å². The third-order valence-electron chi connectivity index (χ3n) is 12.5. The number of unbranched alkanes of at least 4 members (excludes halogenated alkanes) is 32. The van der Waals surface area contributed by atoms with E-state index in [-0.39, 0.29) is 19.1 Å². The van der Waals surface area contributed by atoms with Gasteiger partial charge in [0.15, 0.2) is 0 Å². The number of likely N-dealkylation sites (N-methyl/N-ethyl adjacent to an activating group) is 1. The number of quaternary nitrogens is 1. The van der Waals surface area contributed by atoms with Gasteiger partial charge in [0.2, 0.25) is 5.91 Å². The molecule has 66 heavy (non-hydrogen) atoms. The van der Waals surface area contributed by atoms with E-state index in [0.717, 1.165) is 57.8 Å². The van der Waals surface area contributed by atoms with E-state index in [2.05, 4.69) is 55.6 Å². The van der Waals surface area contributed by atoms with Gasteiger partial charge < -0.3 is 28.8 Å². The number of phosphoric acid groups is 1. The van der Waals surface area contributed by atoms with E-state index in [1.54, 1.807) is 6.08 Å². The number of nitrogens with one attached hydrogen (secondary N) is 1. The summed E-state index contributed by atoms with van der Waals surface area (Å²) in [5.41, 5.74) is 0. The fourth-order valence-corrected chi connectivity index (χ4v) is 8.83. The van der Waals surface area contributed by atoms with Gasteiger partial charge in [-0.2, -0.15) is 0 Å². The van der Waals surface area contributed by atoms with E-state index in [4.69, 9.17) is 9.05 Å². The second kappa shape index (κ2) is 48.5. The standard InChI is InChI=1S/C57H109N2O6P/c1-6-8-10-12-13-14-15-16-17-18-19-20-21-22-23-24-25-26-27-28-29-30-31-32-33-34-35-36-37-38-39-40-41-42-43-44-45-47-49-51-57(61)58-55(56(60)50-48-46-11-9-7-2)54-65-66(62,63)64-53-52-59(3,4)5/h15-16,18-19,21-22,48,50,55-56,60H,6-14,17,20,23-47,49,51-54H2,1-5H3,(H-,58,61,62,63)/b16-15-,19-18-,22-21-,50-48+. The summed E-state index contributed by atoms with van der Waals surface area (Å²) in [5, 5.41) is 13.6. The van der Waals surface area contributed by atoms with Gasteiger partial charge in [0.1, 0.15) is 13.2 Å². The molecule has 0 fully saturated rings. The number of aliphatic hydroxyl groups excluding tert-OH is 1. The lowest BCUT2D eigenvalue weighted by Gasteiger charge is -2.29. The Morgan fingerprint density at radius 1 is 0.530 bits per heavy atom. The average Bonchev–Trinajstić information content (AvgIpc) is 3.27. The van der Waals surface area contributed by atoms with Crippen molar-refractivity contribution in [2.24, 2.45) is 0 Å². The summed E-state index contributed by atoms with van der Waals surface area (Å²) in [6, 6.07) is -0.881. The predicted molar refractivity (Wildman–Crippen MR) is 284 cm³/mol. The van der Waals surface area contributed by atoms with Gasteiger partial charge in [0, 0.05) is 6.42 Å². The van der Waals surface area contributed by atoms with E-state index >= 15 is 0 Å². The Morgan fingerprint density at radius 2 is 0.879 bits per heavy atom. The third-order valence-corrected chi connectivity index (χ3v) is 13.5. The maximum atomic E-state index is 12.8. The Morgan fingerprint density at radius 3 is 1.30 bits per heavy atom. The molecule has 9 heteroatoms. The molecule has 0 aromatic carbocycles. The average molecular weight is 949 g/mol. The van der Waals surface area contributed by atoms with Crippen LogP contribution in [0.25, 0.3) is 0 Å². The first-order valence-corrected chi connectivity index (χ1v) is 29.5. The number of rotatable bonds is 51. The molecule has 1 amide bonds. The molecule has 0 aromatic rings. The molecule has 0 saturated carbocycles. The zero-order valence-electron chi connectivity index (χ0n) is 44.1. The second-order valence-electron chi connectivity index (χ2n) is 20.3. The Balaban J connectivity index is 3.69. The maximum Gasteiger partial charge on any atom is 0.268 e. The largest absolute Gasteiger partial charge is 0.756 e. The van der Waals surface area contributed by atoms with Gasteiger partial charge in [-0.3, -0.25) is 9.36 Å². The van der Waals surface area contributed by atoms with Crippen molar-refractivity contribution in [2.75, 3.05) is 40.9 Å². The van der Waals surface area contributed by atoms with E-state index in [1.165, 1.54) is 180 Å². The van der Waals surface area contributed by atoms with Crippen molar-refractivity contribution in [1.82, 2.24) is 5.32 Å². The van der Waals surface area contributed by atoms with Crippen LogP contribution in [0.1, 0.15) is 258 Å². The molecule has 0 aliphatic carbocycles. The van der Waals surface area contributed by atoms with Crippen LogP contribution in [-0.2, 0) is 18.4 Å². The quantitative estimate of drug-likeness (QED) is 0.0272. The van der Waals surface area contributed by atoms with E-state index in [9.17, 15) is 19.4 Å². The maximum absolute atomic E-state index is 12.8. The van der Waals surface area contributed by atoms with Crippen LogP contribution in [0.4, 0.5) is 0 Å². The van der Waals surface area contributed by atoms with Crippen LogP contribution in [-0.4, -0.2) is 68.5 Å². The number of amides is 1. The number of hydrogen-bond donors (Lipinski definition) is 2. The van der Waals surface area contributed by atoms with E-state index < -0.39 is 20.0 Å². The highest BCUT2D eigenvalue weighted by Crippen LogP contribution is 2.38. The third kappa shape index (κ3) is 50.3. The smallest absolute Gasteiger partial charge is 0.268 e. The van der Waals surface area contributed by atoms with Crippen molar-refractivity contribution in [1.29, 1.82) is 0 Å². The van der Waals surface area contributed by atoms with E-state index in [1.807, 2.05) is 27.2 Å². The topological polar surface area (TPSA) is 108 Å². The molecule has 2 N–H and O–H groups in total. The molecule has 0 radical (unpaired) electrons. The highest BCUT2D eigenvalue weighted by Gasteiger charge is 2.23. The lowest BCUT2D eigenvalue weighted by atomic mass is 10.0. The van der Waals surface area contributed by atoms with Gasteiger partial charge in [0.25, 0.3) is 7.82 Å². The van der Waals surface area contributed by atoms with Crippen LogP contribution in [0, 0.1) is 0 Å². The minimum Gasteiger partial charge on any atom is -0.756 e. The van der Waals surface area contributed by atoms with Gasteiger partial charge in [-0.15, -0.1) is 0 Å². The number of allylic oxidation sites excluding steroid dienone is 7. The summed E-state index contributed by atoms with van der Waals surface area (Å²) in [7, 11) is 1.26. The van der Waals surface area contributed by atoms with Crippen molar-refractivity contribution in [3.05, 3.63) is 48.6 Å². The van der Waals surface area contributed by atoms with Crippen molar-refractivity contribution < 1.29 is 32.9 Å². The molecule has 3 atom stereocenters. The minimum atomic E-state index is -4.57. The highest BCUT2D eigenvalue weighted by atomic mass is 31.2. The molecule has 0 aromatic heterocycles. The molecule has 388 valence electrons. The van der Waals surface area contributed by atoms with Crippen molar-refractivity contribution in [2.45, 2.75) is 270 Å². The van der Waals surface area contributed by atoms with Crippen molar-refractivity contribution in [3.63, 3.8) is 0 Å². The van der Waals surface area contributed by atoms with Crippen LogP contribution in [0.2, 0.25) is 0 Å². The van der Waals surface area contributed by atoms with Crippen LogP contribution < -0.4 is 10.2 Å². The SMILES string of the molecule is CCCCC/C=C/C(O)C(COP(=O)([O-])OCC[N+](C)(C)C)NC(=O)CCCCCCCCCCCCCCCCCCCCCCCCCC/C=C\C/C=C\C/C=C\CCCCCCC. The molecule has 0 bridgehead atoms. The van der Waals surface area contributed by atoms with E-state index in [0.29, 0.717) is 17.4 Å². The monoisotopic (exact) mass is 949 g/mol. The van der Waals surface area contributed by atoms with Crippen LogP contribution in [0.15, 0.2) is 48.6 Å². The molecule has 3 unspecified atom stereocenters. The first-order chi connectivity index (χ1) is 32.0. The number of carbonyl (C=O) groups is 1. The Kier molecular flexibility index (Phi) is 47.4. The molecule has 0 aliphatic rings. The molecular formula is C57H109N2O6P. The molecular weight excluding hydrogens is 840 g/mol. The zero-order valence-corrected chi connectivity index (χ0v) is 45.0. The first-order valence-electron chi connectivity index (χ1n) is 28.0. The van der Waals surface area contributed by atoms with Crippen molar-refractivity contribution >= 4 is 13.7 Å². The molecule has 0 rings (SSSR count). The molecule has 0 saturated heterocycles. The summed E-state index contributed by atoms with van der Waals surface area (Å²) >= 11 is 0. The number of hydrogen-bond acceptors (Lipinski definition) is 6. The highest BCUT2D eigenvalue weighted by molar-refractivity contribution is 7.45. The number of nitrogens with zero attached hydrogens (tertiary/aromatic N) is 1. The zero-order chi connectivity index (χ0) is 48.5. The number of phosphoric ester groups is 1.